The molecule has 6 heteroatoms. The Morgan fingerprint density at radius 1 is 1.19 bits per heavy atom. The maximum atomic E-state index is 12.3. The summed E-state index contributed by atoms with van der Waals surface area (Å²) in [5.74, 6) is -1.15. The van der Waals surface area contributed by atoms with Gasteiger partial charge in [0.25, 0.3) is 5.91 Å². The average Bonchev–Trinajstić information content (AvgIpc) is 2.54. The number of carbonyl (C=O) groups is 2. The number of aromatic nitrogens is 2. The van der Waals surface area contributed by atoms with E-state index in [1.165, 1.54) is 18.6 Å². The van der Waals surface area contributed by atoms with Gasteiger partial charge in [-0.05, 0) is 29.7 Å². The lowest BCUT2D eigenvalue weighted by molar-refractivity contribution is 0.0696. The first kappa shape index (κ1) is 13.2. The van der Waals surface area contributed by atoms with Crippen molar-refractivity contribution in [3.05, 3.63) is 59.2 Å². The van der Waals surface area contributed by atoms with Crippen molar-refractivity contribution in [2.45, 2.75) is 13.0 Å². The highest BCUT2D eigenvalue weighted by atomic mass is 16.4. The normalized spacial score (nSPS) is 13.6. The summed E-state index contributed by atoms with van der Waals surface area (Å²) in [6.45, 7) is 0.987. The van der Waals surface area contributed by atoms with Crippen molar-refractivity contribution in [2.24, 2.45) is 0 Å². The minimum atomic E-state index is -0.963. The van der Waals surface area contributed by atoms with E-state index >= 15 is 0 Å². The quantitative estimate of drug-likeness (QED) is 0.900. The zero-order chi connectivity index (χ0) is 14.8. The lowest BCUT2D eigenvalue weighted by atomic mass is 9.97. The Balaban J connectivity index is 1.85. The summed E-state index contributed by atoms with van der Waals surface area (Å²) in [7, 11) is 0. The molecule has 21 heavy (non-hydrogen) atoms. The number of aromatic carboxylic acids is 1. The van der Waals surface area contributed by atoms with Crippen LogP contribution >= 0.6 is 0 Å². The van der Waals surface area contributed by atoms with E-state index in [1.807, 2.05) is 6.07 Å². The van der Waals surface area contributed by atoms with Crippen molar-refractivity contribution >= 4 is 11.9 Å². The van der Waals surface area contributed by atoms with E-state index in [1.54, 1.807) is 17.0 Å². The molecular formula is C15H13N3O3. The van der Waals surface area contributed by atoms with Gasteiger partial charge in [-0.1, -0.05) is 6.07 Å². The van der Waals surface area contributed by atoms with Crippen LogP contribution in [0.1, 0.15) is 32.0 Å². The van der Waals surface area contributed by atoms with Gasteiger partial charge in [-0.25, -0.2) is 9.78 Å². The molecule has 0 spiro atoms. The lowest BCUT2D eigenvalue weighted by Gasteiger charge is -2.28. The van der Waals surface area contributed by atoms with Gasteiger partial charge < -0.3 is 10.0 Å². The Bertz CT molecular complexity index is 701. The first-order valence-electron chi connectivity index (χ1n) is 6.55. The highest BCUT2D eigenvalue weighted by molar-refractivity contribution is 5.92. The average molecular weight is 283 g/mol. The van der Waals surface area contributed by atoms with Gasteiger partial charge in [-0.3, -0.25) is 9.78 Å². The van der Waals surface area contributed by atoms with E-state index in [0.717, 1.165) is 11.1 Å². The molecule has 0 saturated carbocycles. The Hall–Kier alpha value is -2.76. The van der Waals surface area contributed by atoms with Gasteiger partial charge in [0.1, 0.15) is 5.69 Å². The molecule has 1 aliphatic rings. The topological polar surface area (TPSA) is 83.4 Å². The third-order valence-corrected chi connectivity index (χ3v) is 3.53. The lowest BCUT2D eigenvalue weighted by Crippen LogP contribution is -2.36. The number of carbonyl (C=O) groups excluding carboxylic acids is 1. The first-order valence-corrected chi connectivity index (χ1v) is 6.55. The second-order valence-electron chi connectivity index (χ2n) is 4.86. The van der Waals surface area contributed by atoms with Crippen LogP contribution in [-0.4, -0.2) is 38.4 Å². The molecule has 0 bridgehead atoms. The third kappa shape index (κ3) is 2.60. The largest absolute Gasteiger partial charge is 0.478 e. The summed E-state index contributed by atoms with van der Waals surface area (Å²) in [6.07, 6.45) is 5.14. The summed E-state index contributed by atoms with van der Waals surface area (Å²) in [5, 5.41) is 9.04. The molecule has 2 heterocycles. The van der Waals surface area contributed by atoms with E-state index in [9.17, 15) is 9.59 Å². The number of nitrogens with zero attached hydrogens (tertiary/aromatic N) is 3. The van der Waals surface area contributed by atoms with Crippen LogP contribution in [0.2, 0.25) is 0 Å². The van der Waals surface area contributed by atoms with Gasteiger partial charge >= 0.3 is 5.97 Å². The second kappa shape index (κ2) is 5.32. The molecule has 1 aromatic carbocycles. The van der Waals surface area contributed by atoms with Crippen LogP contribution in [0.5, 0.6) is 0 Å². The van der Waals surface area contributed by atoms with Crippen molar-refractivity contribution in [1.82, 2.24) is 14.9 Å². The maximum absolute atomic E-state index is 12.3. The number of hydrogen-bond acceptors (Lipinski definition) is 4. The van der Waals surface area contributed by atoms with Gasteiger partial charge in [0.05, 0.1) is 11.8 Å². The van der Waals surface area contributed by atoms with Gasteiger partial charge in [0.2, 0.25) is 0 Å². The fourth-order valence-corrected chi connectivity index (χ4v) is 2.44. The first-order chi connectivity index (χ1) is 10.1. The Morgan fingerprint density at radius 2 is 2.05 bits per heavy atom. The smallest absolute Gasteiger partial charge is 0.335 e. The summed E-state index contributed by atoms with van der Waals surface area (Å²) in [5.41, 5.74) is 2.50. The van der Waals surface area contributed by atoms with Crippen LogP contribution in [-0.2, 0) is 13.0 Å². The fraction of sp³-hybridized carbons (Fsp3) is 0.200. The molecule has 1 amide bonds. The standard InChI is InChI=1S/C15H13N3O3/c19-14(13-8-16-4-5-17-13)18-6-3-10-1-2-11(15(20)21)7-12(10)9-18/h1-2,4-5,7-8H,3,6,9H2,(H,20,21). The minimum Gasteiger partial charge on any atom is -0.478 e. The molecule has 106 valence electrons. The van der Waals surface area contributed by atoms with Crippen molar-refractivity contribution in [2.75, 3.05) is 6.54 Å². The van der Waals surface area contributed by atoms with Gasteiger partial charge in [-0.15, -0.1) is 0 Å². The molecule has 1 aliphatic heterocycles. The van der Waals surface area contributed by atoms with Gasteiger partial charge in [0, 0.05) is 25.5 Å². The molecule has 2 aromatic rings. The summed E-state index contributed by atoms with van der Waals surface area (Å²) in [4.78, 5) is 32.9. The highest BCUT2D eigenvalue weighted by Crippen LogP contribution is 2.21. The predicted octanol–water partition coefficient (Wildman–Crippen LogP) is 1.37. The van der Waals surface area contributed by atoms with Crippen LogP contribution in [0.4, 0.5) is 0 Å². The SMILES string of the molecule is O=C(O)c1ccc2c(c1)CN(C(=O)c1cnccn1)CC2. The molecule has 0 saturated heterocycles. The third-order valence-electron chi connectivity index (χ3n) is 3.53. The number of benzene rings is 1. The van der Waals surface area contributed by atoms with Crippen LogP contribution in [0, 0.1) is 0 Å². The number of amides is 1. The Kier molecular flexibility index (Phi) is 3.35. The summed E-state index contributed by atoms with van der Waals surface area (Å²) in [6, 6.07) is 5.05. The van der Waals surface area contributed by atoms with Crippen LogP contribution in [0.3, 0.4) is 0 Å². The summed E-state index contributed by atoms with van der Waals surface area (Å²) < 4.78 is 0. The maximum Gasteiger partial charge on any atom is 0.335 e. The number of hydrogen-bond donors (Lipinski definition) is 1. The van der Waals surface area contributed by atoms with Crippen LogP contribution in [0.25, 0.3) is 0 Å². The monoisotopic (exact) mass is 283 g/mol. The van der Waals surface area contributed by atoms with E-state index in [0.29, 0.717) is 25.2 Å². The zero-order valence-electron chi connectivity index (χ0n) is 11.2. The summed E-state index contributed by atoms with van der Waals surface area (Å²) >= 11 is 0. The number of rotatable bonds is 2. The van der Waals surface area contributed by atoms with E-state index in [2.05, 4.69) is 9.97 Å². The zero-order valence-corrected chi connectivity index (χ0v) is 11.2. The van der Waals surface area contributed by atoms with Crippen molar-refractivity contribution < 1.29 is 14.7 Å². The highest BCUT2D eigenvalue weighted by Gasteiger charge is 2.23. The molecule has 6 nitrogen and oxygen atoms in total. The van der Waals surface area contributed by atoms with Crippen molar-refractivity contribution in [3.63, 3.8) is 0 Å². The molecular weight excluding hydrogens is 270 g/mol. The van der Waals surface area contributed by atoms with Gasteiger partial charge in [0.15, 0.2) is 0 Å². The minimum absolute atomic E-state index is 0.186. The fourth-order valence-electron chi connectivity index (χ4n) is 2.44. The van der Waals surface area contributed by atoms with E-state index in [-0.39, 0.29) is 11.5 Å². The molecule has 1 N–H and O–H groups in total. The van der Waals surface area contributed by atoms with Crippen molar-refractivity contribution in [3.8, 4) is 0 Å². The Morgan fingerprint density at radius 3 is 2.76 bits per heavy atom. The van der Waals surface area contributed by atoms with Crippen LogP contribution < -0.4 is 0 Å². The number of fused-ring (bicyclic) bond motifs is 1. The molecule has 3 rings (SSSR count). The molecule has 0 unspecified atom stereocenters. The van der Waals surface area contributed by atoms with Gasteiger partial charge in [-0.2, -0.15) is 0 Å². The number of carboxylic acid groups (broad SMARTS) is 1. The van der Waals surface area contributed by atoms with E-state index < -0.39 is 5.97 Å². The number of carboxylic acids is 1. The second-order valence-corrected chi connectivity index (χ2v) is 4.86. The van der Waals surface area contributed by atoms with Crippen molar-refractivity contribution in [1.29, 1.82) is 0 Å². The molecule has 0 fully saturated rings. The molecule has 0 radical (unpaired) electrons. The van der Waals surface area contributed by atoms with E-state index in [4.69, 9.17) is 5.11 Å². The molecule has 1 aromatic heterocycles. The molecule has 0 atom stereocenters. The molecule has 0 aliphatic carbocycles. The van der Waals surface area contributed by atoms with Crippen LogP contribution in [0.15, 0.2) is 36.8 Å². The predicted molar refractivity (Wildman–Crippen MR) is 73.9 cm³/mol. The Labute approximate surface area is 121 Å².